The molecule has 1 amide bonds. The molecule has 1 unspecified atom stereocenters. The number of hydrogen-bond donors (Lipinski definition) is 1. The van der Waals surface area contributed by atoms with Gasteiger partial charge in [0.1, 0.15) is 6.54 Å². The lowest BCUT2D eigenvalue weighted by Crippen LogP contribution is -2.43. The second kappa shape index (κ2) is 8.19. The molecule has 0 aromatic heterocycles. The molecule has 0 saturated heterocycles. The first kappa shape index (κ1) is 19.5. The highest BCUT2D eigenvalue weighted by Gasteiger charge is 2.50. The van der Waals surface area contributed by atoms with Crippen LogP contribution in [0.25, 0.3) is 6.08 Å². The second-order valence-electron chi connectivity index (χ2n) is 6.46. The van der Waals surface area contributed by atoms with Gasteiger partial charge in [-0.25, -0.2) is 0 Å². The molecule has 28 heavy (non-hydrogen) atoms. The van der Waals surface area contributed by atoms with Crippen LogP contribution in [0.1, 0.15) is 24.5 Å². The van der Waals surface area contributed by atoms with Crippen LogP contribution in [-0.2, 0) is 24.7 Å². The first-order valence-corrected chi connectivity index (χ1v) is 9.01. The molecule has 1 aliphatic heterocycles. The molecule has 0 aliphatic carbocycles. The Morgan fingerprint density at radius 2 is 1.79 bits per heavy atom. The third-order valence-electron chi connectivity index (χ3n) is 4.52. The van der Waals surface area contributed by atoms with E-state index in [9.17, 15) is 19.5 Å². The number of benzene rings is 2. The number of allylic oxidation sites excluding steroid dienone is 1. The van der Waals surface area contributed by atoms with E-state index in [1.165, 1.54) is 11.0 Å². The molecule has 6 nitrogen and oxygen atoms in total. The molecule has 6 heteroatoms. The number of amides is 1. The van der Waals surface area contributed by atoms with Gasteiger partial charge in [0.15, 0.2) is 11.4 Å². The quantitative estimate of drug-likeness (QED) is 0.590. The van der Waals surface area contributed by atoms with E-state index in [2.05, 4.69) is 0 Å². The number of carbonyl (C=O) groups is 3. The zero-order valence-electron chi connectivity index (χ0n) is 15.5. The Morgan fingerprint density at radius 1 is 1.11 bits per heavy atom. The maximum absolute atomic E-state index is 12.9. The number of esters is 1. The number of ketones is 1. The third-order valence-corrected chi connectivity index (χ3v) is 4.52. The van der Waals surface area contributed by atoms with Gasteiger partial charge in [-0.05, 0) is 24.6 Å². The maximum atomic E-state index is 12.9. The highest BCUT2D eigenvalue weighted by molar-refractivity contribution is 6.11. The van der Waals surface area contributed by atoms with Crippen molar-refractivity contribution in [3.8, 4) is 0 Å². The van der Waals surface area contributed by atoms with E-state index < -0.39 is 29.7 Å². The van der Waals surface area contributed by atoms with E-state index in [0.717, 1.165) is 5.56 Å². The van der Waals surface area contributed by atoms with Crippen molar-refractivity contribution in [2.24, 2.45) is 0 Å². The minimum atomic E-state index is -2.01. The normalized spacial score (nSPS) is 18.4. The van der Waals surface area contributed by atoms with Gasteiger partial charge in [0.2, 0.25) is 0 Å². The number of anilines is 1. The van der Waals surface area contributed by atoms with Crippen LogP contribution < -0.4 is 4.90 Å². The second-order valence-corrected chi connectivity index (χ2v) is 6.46. The van der Waals surface area contributed by atoms with E-state index in [0.29, 0.717) is 11.3 Å². The summed E-state index contributed by atoms with van der Waals surface area (Å²) in [6.45, 7) is 1.54. The number of fused-ring (bicyclic) bond motifs is 1. The molecule has 0 fully saturated rings. The fraction of sp³-hybridized carbons (Fsp3) is 0.227. The van der Waals surface area contributed by atoms with Crippen molar-refractivity contribution in [3.63, 3.8) is 0 Å². The number of aliphatic hydroxyl groups is 1. The summed E-state index contributed by atoms with van der Waals surface area (Å²) in [5.74, 6) is -1.68. The van der Waals surface area contributed by atoms with Crippen molar-refractivity contribution in [1.29, 1.82) is 0 Å². The topological polar surface area (TPSA) is 83.9 Å². The molecule has 0 bridgehead atoms. The lowest BCUT2D eigenvalue weighted by atomic mass is 9.89. The number of carbonyl (C=O) groups excluding carboxylic acids is 3. The van der Waals surface area contributed by atoms with Gasteiger partial charge in [0, 0.05) is 5.56 Å². The summed E-state index contributed by atoms with van der Waals surface area (Å²) in [6, 6.07) is 15.9. The van der Waals surface area contributed by atoms with Crippen LogP contribution in [-0.4, -0.2) is 35.9 Å². The Kier molecular flexibility index (Phi) is 5.70. The summed E-state index contributed by atoms with van der Waals surface area (Å²) in [4.78, 5) is 38.4. The molecule has 1 atom stereocenters. The van der Waals surface area contributed by atoms with Crippen LogP contribution >= 0.6 is 0 Å². The SMILES string of the molecule is CCOC(=O)CN1C(=O)C(O)(CC(=O)/C=C/c2ccccc2)c2ccccc21. The largest absolute Gasteiger partial charge is 0.465 e. The van der Waals surface area contributed by atoms with Crippen molar-refractivity contribution < 1.29 is 24.2 Å². The standard InChI is InChI=1S/C22H21NO5/c1-2-28-20(25)15-23-19-11-7-6-10-18(19)22(27,21(23)26)14-17(24)13-12-16-8-4-3-5-9-16/h3-13,27H,2,14-15H2,1H3/b13-12+. The summed E-state index contributed by atoms with van der Waals surface area (Å²) >= 11 is 0. The zero-order chi connectivity index (χ0) is 20.1. The minimum Gasteiger partial charge on any atom is -0.465 e. The summed E-state index contributed by atoms with van der Waals surface area (Å²) in [6.07, 6.45) is 2.57. The van der Waals surface area contributed by atoms with Crippen LogP contribution in [0, 0.1) is 0 Å². The van der Waals surface area contributed by atoms with Crippen LogP contribution in [0.5, 0.6) is 0 Å². The van der Waals surface area contributed by atoms with Crippen molar-refractivity contribution in [3.05, 3.63) is 71.8 Å². The Labute approximate surface area is 163 Å². The Balaban J connectivity index is 1.83. The zero-order valence-corrected chi connectivity index (χ0v) is 15.5. The van der Waals surface area contributed by atoms with Crippen LogP contribution in [0.3, 0.4) is 0 Å². The lowest BCUT2D eigenvalue weighted by Gasteiger charge is -2.21. The number of para-hydroxylation sites is 1. The summed E-state index contributed by atoms with van der Waals surface area (Å²) < 4.78 is 4.91. The van der Waals surface area contributed by atoms with E-state index in [-0.39, 0.29) is 13.2 Å². The first-order chi connectivity index (χ1) is 13.5. The number of ether oxygens (including phenoxy) is 1. The smallest absolute Gasteiger partial charge is 0.326 e. The molecule has 1 aliphatic rings. The molecule has 0 saturated carbocycles. The highest BCUT2D eigenvalue weighted by Crippen LogP contribution is 2.42. The molecule has 0 radical (unpaired) electrons. The van der Waals surface area contributed by atoms with Gasteiger partial charge < -0.3 is 9.84 Å². The molecule has 2 aromatic carbocycles. The summed E-state index contributed by atoms with van der Waals surface area (Å²) in [5.41, 5.74) is -0.458. The molecule has 3 rings (SSSR count). The molecule has 2 aromatic rings. The van der Waals surface area contributed by atoms with Crippen LogP contribution in [0.15, 0.2) is 60.7 Å². The van der Waals surface area contributed by atoms with E-state index in [4.69, 9.17) is 4.74 Å². The highest BCUT2D eigenvalue weighted by atomic mass is 16.5. The van der Waals surface area contributed by atoms with Crippen molar-refractivity contribution in [1.82, 2.24) is 0 Å². The molecule has 1 heterocycles. The van der Waals surface area contributed by atoms with Gasteiger partial charge in [-0.3, -0.25) is 19.3 Å². The molecular formula is C22H21NO5. The van der Waals surface area contributed by atoms with E-state index >= 15 is 0 Å². The van der Waals surface area contributed by atoms with Gasteiger partial charge in [-0.15, -0.1) is 0 Å². The minimum absolute atomic E-state index is 0.190. The van der Waals surface area contributed by atoms with Crippen molar-refractivity contribution >= 4 is 29.4 Å². The van der Waals surface area contributed by atoms with Gasteiger partial charge in [0.25, 0.3) is 5.91 Å². The molecule has 144 valence electrons. The summed E-state index contributed by atoms with van der Waals surface area (Å²) in [7, 11) is 0. The molecule has 0 spiro atoms. The molecule has 1 N–H and O–H groups in total. The predicted octanol–water partition coefficient (Wildman–Crippen LogP) is 2.46. The van der Waals surface area contributed by atoms with Gasteiger partial charge >= 0.3 is 5.97 Å². The number of nitrogens with zero attached hydrogens (tertiary/aromatic N) is 1. The predicted molar refractivity (Wildman–Crippen MR) is 104 cm³/mol. The van der Waals surface area contributed by atoms with E-state index in [1.807, 2.05) is 30.3 Å². The fourth-order valence-corrected chi connectivity index (χ4v) is 3.23. The molecular weight excluding hydrogens is 358 g/mol. The number of hydrogen-bond acceptors (Lipinski definition) is 5. The average molecular weight is 379 g/mol. The summed E-state index contributed by atoms with van der Waals surface area (Å²) in [5, 5.41) is 11.1. The van der Waals surface area contributed by atoms with Gasteiger partial charge in [-0.1, -0.05) is 54.6 Å². The van der Waals surface area contributed by atoms with Crippen LogP contribution in [0.2, 0.25) is 0 Å². The number of rotatable bonds is 7. The van der Waals surface area contributed by atoms with Gasteiger partial charge in [-0.2, -0.15) is 0 Å². The van der Waals surface area contributed by atoms with Crippen LogP contribution in [0.4, 0.5) is 5.69 Å². The third kappa shape index (κ3) is 3.87. The Morgan fingerprint density at radius 3 is 2.50 bits per heavy atom. The Bertz CT molecular complexity index is 922. The fourth-order valence-electron chi connectivity index (χ4n) is 3.23. The first-order valence-electron chi connectivity index (χ1n) is 9.01. The van der Waals surface area contributed by atoms with E-state index in [1.54, 1.807) is 37.3 Å². The van der Waals surface area contributed by atoms with Crippen molar-refractivity contribution in [2.45, 2.75) is 18.9 Å². The van der Waals surface area contributed by atoms with Crippen molar-refractivity contribution in [2.75, 3.05) is 18.1 Å². The lowest BCUT2D eigenvalue weighted by molar-refractivity contribution is -0.145. The Hall–Kier alpha value is -3.25. The monoisotopic (exact) mass is 379 g/mol. The average Bonchev–Trinajstić information content (AvgIpc) is 2.89. The van der Waals surface area contributed by atoms with Gasteiger partial charge in [0.05, 0.1) is 18.7 Å². The maximum Gasteiger partial charge on any atom is 0.326 e.